The van der Waals surface area contributed by atoms with Gasteiger partial charge in [-0.2, -0.15) is 5.26 Å². The van der Waals surface area contributed by atoms with Crippen LogP contribution in [0.5, 0.6) is 11.5 Å². The normalized spacial score (nSPS) is 11.0. The second-order valence-corrected chi connectivity index (χ2v) is 9.23. The van der Waals surface area contributed by atoms with Gasteiger partial charge in [0.1, 0.15) is 18.2 Å². The van der Waals surface area contributed by atoms with Crippen molar-refractivity contribution in [2.24, 2.45) is 0 Å². The van der Waals surface area contributed by atoms with Crippen molar-refractivity contribution in [1.29, 1.82) is 5.26 Å². The van der Waals surface area contributed by atoms with Crippen LogP contribution >= 0.6 is 45.8 Å². The van der Waals surface area contributed by atoms with Gasteiger partial charge in [-0.25, -0.2) is 0 Å². The molecule has 0 aliphatic heterocycles. The minimum Gasteiger partial charge on any atom is -0.490 e. The van der Waals surface area contributed by atoms with Crippen molar-refractivity contribution >= 4 is 63.5 Å². The van der Waals surface area contributed by atoms with Crippen LogP contribution < -0.4 is 14.8 Å². The second kappa shape index (κ2) is 12.1. The third-order valence-corrected chi connectivity index (χ3v) is 6.19. The predicted octanol–water partition coefficient (Wildman–Crippen LogP) is 7.43. The lowest BCUT2D eigenvalue weighted by atomic mass is 10.1. The predicted molar refractivity (Wildman–Crippen MR) is 145 cm³/mol. The van der Waals surface area contributed by atoms with Crippen LogP contribution in [0.2, 0.25) is 10.0 Å². The van der Waals surface area contributed by atoms with Gasteiger partial charge in [-0.3, -0.25) is 4.79 Å². The average Bonchev–Trinajstić information content (AvgIpc) is 2.80. The molecule has 3 aromatic rings. The maximum Gasteiger partial charge on any atom is 0.266 e. The molecule has 34 heavy (non-hydrogen) atoms. The number of amides is 1. The molecule has 5 nitrogen and oxygen atoms in total. The van der Waals surface area contributed by atoms with E-state index in [0.29, 0.717) is 39.4 Å². The zero-order chi connectivity index (χ0) is 24.7. The van der Waals surface area contributed by atoms with E-state index in [1.165, 1.54) is 6.08 Å². The van der Waals surface area contributed by atoms with E-state index in [0.717, 1.165) is 14.7 Å². The van der Waals surface area contributed by atoms with Gasteiger partial charge in [0.05, 0.1) is 10.2 Å². The molecule has 1 amide bonds. The number of nitrogens with zero attached hydrogens (tertiary/aromatic N) is 1. The molecule has 0 saturated carbocycles. The molecule has 0 fully saturated rings. The SMILES string of the molecule is CCOc1cc(/C=C(\C#N)C(=O)Nc2cc(Cl)ccc2C)cc(I)c1OCc1ccccc1Cl. The zero-order valence-electron chi connectivity index (χ0n) is 18.5. The fraction of sp³-hybridized carbons (Fsp3) is 0.154. The number of halogens is 3. The molecule has 3 rings (SSSR count). The van der Waals surface area contributed by atoms with E-state index in [9.17, 15) is 10.1 Å². The number of hydrogen-bond donors (Lipinski definition) is 1. The summed E-state index contributed by atoms with van der Waals surface area (Å²) in [5.74, 6) is 0.549. The number of benzene rings is 3. The lowest BCUT2D eigenvalue weighted by Crippen LogP contribution is -2.14. The van der Waals surface area contributed by atoms with Crippen molar-refractivity contribution in [2.75, 3.05) is 11.9 Å². The van der Waals surface area contributed by atoms with E-state index >= 15 is 0 Å². The topological polar surface area (TPSA) is 71.3 Å². The first-order valence-corrected chi connectivity index (χ1v) is 12.2. The molecule has 0 bridgehead atoms. The Morgan fingerprint density at radius 2 is 1.91 bits per heavy atom. The van der Waals surface area contributed by atoms with Gasteiger partial charge >= 0.3 is 0 Å². The van der Waals surface area contributed by atoms with Crippen molar-refractivity contribution in [2.45, 2.75) is 20.5 Å². The molecule has 8 heteroatoms. The summed E-state index contributed by atoms with van der Waals surface area (Å²) < 4.78 is 12.6. The molecule has 0 radical (unpaired) electrons. The first kappa shape index (κ1) is 25.9. The molecule has 3 aromatic carbocycles. The Morgan fingerprint density at radius 1 is 1.15 bits per heavy atom. The van der Waals surface area contributed by atoms with E-state index in [4.69, 9.17) is 32.7 Å². The second-order valence-electron chi connectivity index (χ2n) is 7.23. The standard InChI is InChI=1S/C26H21Cl2IN2O3/c1-3-33-24-12-17(11-22(29)25(24)34-15-18-6-4-5-7-21(18)28)10-19(14-30)26(32)31-23-13-20(27)9-8-16(23)2/h4-13H,3,15H2,1-2H3,(H,31,32)/b19-10+. The Kier molecular flexibility index (Phi) is 9.22. The van der Waals surface area contributed by atoms with Crippen molar-refractivity contribution in [3.05, 3.63) is 90.5 Å². The van der Waals surface area contributed by atoms with E-state index in [1.54, 1.807) is 24.3 Å². The number of nitriles is 1. The van der Waals surface area contributed by atoms with Crippen LogP contribution in [0.3, 0.4) is 0 Å². The number of anilines is 1. The average molecular weight is 607 g/mol. The molecular formula is C26H21Cl2IN2O3. The number of rotatable bonds is 8. The monoisotopic (exact) mass is 606 g/mol. The smallest absolute Gasteiger partial charge is 0.266 e. The number of ether oxygens (including phenoxy) is 2. The van der Waals surface area contributed by atoms with E-state index < -0.39 is 5.91 Å². The highest BCUT2D eigenvalue weighted by Gasteiger charge is 2.16. The number of nitrogens with one attached hydrogen (secondary N) is 1. The zero-order valence-corrected chi connectivity index (χ0v) is 22.2. The molecule has 1 N–H and O–H groups in total. The third-order valence-electron chi connectivity index (χ3n) is 4.79. The highest BCUT2D eigenvalue weighted by Crippen LogP contribution is 2.36. The fourth-order valence-electron chi connectivity index (χ4n) is 3.07. The van der Waals surface area contributed by atoms with Crippen LogP contribution in [-0.2, 0) is 11.4 Å². The Morgan fingerprint density at radius 3 is 2.62 bits per heavy atom. The minimum atomic E-state index is -0.528. The van der Waals surface area contributed by atoms with Gasteiger partial charge in [0, 0.05) is 21.3 Å². The minimum absolute atomic E-state index is 0.0534. The van der Waals surface area contributed by atoms with Crippen LogP contribution in [-0.4, -0.2) is 12.5 Å². The van der Waals surface area contributed by atoms with Gasteiger partial charge in [-0.05, 0) is 84.0 Å². The Hall–Kier alpha value is -2.73. The lowest BCUT2D eigenvalue weighted by Gasteiger charge is -2.15. The third kappa shape index (κ3) is 6.66. The lowest BCUT2D eigenvalue weighted by molar-refractivity contribution is -0.112. The molecule has 0 heterocycles. The highest BCUT2D eigenvalue weighted by molar-refractivity contribution is 14.1. The summed E-state index contributed by atoms with van der Waals surface area (Å²) in [6.45, 7) is 4.41. The molecule has 0 atom stereocenters. The van der Waals surface area contributed by atoms with E-state index in [2.05, 4.69) is 27.9 Å². The summed E-state index contributed by atoms with van der Waals surface area (Å²) in [5.41, 5.74) is 2.82. The van der Waals surface area contributed by atoms with Crippen molar-refractivity contribution in [3.63, 3.8) is 0 Å². The number of carbonyl (C=O) groups excluding carboxylic acids is 1. The Balaban J connectivity index is 1.87. The number of aryl methyl sites for hydroxylation is 1. The van der Waals surface area contributed by atoms with Gasteiger partial charge < -0.3 is 14.8 Å². The van der Waals surface area contributed by atoms with Gasteiger partial charge in [0.15, 0.2) is 11.5 Å². The maximum atomic E-state index is 12.8. The summed E-state index contributed by atoms with van der Waals surface area (Å²) in [6, 6.07) is 18.2. The van der Waals surface area contributed by atoms with Crippen LogP contribution in [0.25, 0.3) is 6.08 Å². The van der Waals surface area contributed by atoms with Crippen LogP contribution in [0, 0.1) is 21.8 Å². The molecule has 0 saturated heterocycles. The molecule has 0 aliphatic rings. The summed E-state index contributed by atoms with van der Waals surface area (Å²) in [5, 5.41) is 13.5. The van der Waals surface area contributed by atoms with Crippen molar-refractivity contribution in [3.8, 4) is 17.6 Å². The van der Waals surface area contributed by atoms with Gasteiger partial charge in [-0.15, -0.1) is 0 Å². The Labute approximate surface area is 222 Å². The number of hydrogen-bond acceptors (Lipinski definition) is 4. The van der Waals surface area contributed by atoms with Crippen LogP contribution in [0.4, 0.5) is 5.69 Å². The molecule has 174 valence electrons. The van der Waals surface area contributed by atoms with Gasteiger partial charge in [-0.1, -0.05) is 47.5 Å². The maximum absolute atomic E-state index is 12.8. The highest BCUT2D eigenvalue weighted by atomic mass is 127. The quantitative estimate of drug-likeness (QED) is 0.164. The summed E-state index contributed by atoms with van der Waals surface area (Å²) in [6.07, 6.45) is 1.51. The van der Waals surface area contributed by atoms with Crippen molar-refractivity contribution in [1.82, 2.24) is 0 Å². The molecule has 0 aromatic heterocycles. The largest absolute Gasteiger partial charge is 0.490 e. The van der Waals surface area contributed by atoms with Crippen molar-refractivity contribution < 1.29 is 14.3 Å². The number of carbonyl (C=O) groups is 1. The summed E-state index contributed by atoms with van der Waals surface area (Å²) in [7, 11) is 0. The first-order valence-electron chi connectivity index (χ1n) is 10.3. The molecule has 0 aliphatic carbocycles. The molecule has 0 unspecified atom stereocenters. The van der Waals surface area contributed by atoms with Crippen LogP contribution in [0.15, 0.2) is 60.2 Å². The summed E-state index contributed by atoms with van der Waals surface area (Å²) >= 11 is 14.4. The van der Waals surface area contributed by atoms with E-state index in [-0.39, 0.29) is 12.2 Å². The van der Waals surface area contributed by atoms with Gasteiger partial charge in [0.25, 0.3) is 5.91 Å². The van der Waals surface area contributed by atoms with Gasteiger partial charge in [0.2, 0.25) is 0 Å². The molecular weight excluding hydrogens is 586 g/mol. The van der Waals surface area contributed by atoms with E-state index in [1.807, 2.05) is 50.2 Å². The Bertz CT molecular complexity index is 1290. The summed E-state index contributed by atoms with van der Waals surface area (Å²) in [4.78, 5) is 12.8. The molecule has 0 spiro atoms. The fourth-order valence-corrected chi connectivity index (χ4v) is 4.22. The first-order chi connectivity index (χ1) is 16.3. The van der Waals surface area contributed by atoms with Crippen LogP contribution in [0.1, 0.15) is 23.6 Å².